The second-order valence-corrected chi connectivity index (χ2v) is 4.11. The number of methoxy groups -OCH3 is 1. The molecule has 1 aromatic carbocycles. The van der Waals surface area contributed by atoms with E-state index in [1.165, 1.54) is 19.2 Å². The van der Waals surface area contributed by atoms with Gasteiger partial charge in [0.05, 0.1) is 17.7 Å². The summed E-state index contributed by atoms with van der Waals surface area (Å²) in [4.78, 5) is 27.0. The molecule has 0 aromatic heterocycles. The second-order valence-electron chi connectivity index (χ2n) is 4.11. The van der Waals surface area contributed by atoms with Crippen molar-refractivity contribution in [3.8, 4) is 0 Å². The van der Waals surface area contributed by atoms with Crippen LogP contribution in [-0.4, -0.2) is 23.7 Å². The van der Waals surface area contributed by atoms with Crippen molar-refractivity contribution in [1.29, 1.82) is 0 Å². The van der Waals surface area contributed by atoms with Crippen LogP contribution in [0.2, 0.25) is 0 Å². The highest BCUT2D eigenvalue weighted by atomic mass is 16.6. The van der Waals surface area contributed by atoms with E-state index in [1.807, 2.05) is 0 Å². The van der Waals surface area contributed by atoms with Crippen molar-refractivity contribution < 1.29 is 19.3 Å². The SMILES string of the molecule is COC(=O)C1C(C)=NOC1c1ccc([N+](=O)[O-])cc1. The minimum Gasteiger partial charge on any atom is -0.468 e. The van der Waals surface area contributed by atoms with Crippen LogP contribution in [0, 0.1) is 16.0 Å². The first-order valence-electron chi connectivity index (χ1n) is 5.57. The normalized spacial score (nSPS) is 21.5. The number of nitro benzene ring substituents is 1. The number of nitro groups is 1. The fourth-order valence-electron chi connectivity index (χ4n) is 1.94. The van der Waals surface area contributed by atoms with E-state index in [4.69, 9.17) is 9.57 Å². The average Bonchev–Trinajstić information content (AvgIpc) is 2.80. The maximum absolute atomic E-state index is 11.7. The zero-order chi connectivity index (χ0) is 14.0. The van der Waals surface area contributed by atoms with Gasteiger partial charge in [-0.05, 0) is 24.6 Å². The molecule has 0 bridgehead atoms. The van der Waals surface area contributed by atoms with Gasteiger partial charge in [-0.1, -0.05) is 5.16 Å². The number of oxime groups is 1. The van der Waals surface area contributed by atoms with Crippen LogP contribution in [0.15, 0.2) is 29.4 Å². The minimum absolute atomic E-state index is 0.0194. The number of carbonyl (C=O) groups is 1. The van der Waals surface area contributed by atoms with Gasteiger partial charge >= 0.3 is 5.97 Å². The number of carbonyl (C=O) groups excluding carboxylic acids is 1. The fourth-order valence-corrected chi connectivity index (χ4v) is 1.94. The first-order valence-corrected chi connectivity index (χ1v) is 5.57. The number of non-ortho nitro benzene ring substituents is 1. The number of rotatable bonds is 3. The molecule has 2 unspecified atom stereocenters. The van der Waals surface area contributed by atoms with Crippen LogP contribution in [0.1, 0.15) is 18.6 Å². The summed E-state index contributed by atoms with van der Waals surface area (Å²) in [5.74, 6) is -1.06. The molecule has 0 amide bonds. The van der Waals surface area contributed by atoms with Gasteiger partial charge in [-0.3, -0.25) is 14.9 Å². The lowest BCUT2D eigenvalue weighted by molar-refractivity contribution is -0.384. The molecule has 0 saturated heterocycles. The number of ether oxygens (including phenoxy) is 1. The van der Waals surface area contributed by atoms with Gasteiger partial charge in [0.15, 0.2) is 6.10 Å². The van der Waals surface area contributed by atoms with E-state index in [-0.39, 0.29) is 5.69 Å². The monoisotopic (exact) mass is 264 g/mol. The first kappa shape index (κ1) is 13.0. The van der Waals surface area contributed by atoms with E-state index in [0.717, 1.165) is 0 Å². The largest absolute Gasteiger partial charge is 0.468 e. The summed E-state index contributed by atoms with van der Waals surface area (Å²) in [6.45, 7) is 1.67. The third-order valence-electron chi connectivity index (χ3n) is 2.95. The van der Waals surface area contributed by atoms with Crippen molar-refractivity contribution in [3.63, 3.8) is 0 Å². The van der Waals surface area contributed by atoms with Gasteiger partial charge in [0.2, 0.25) is 0 Å². The van der Waals surface area contributed by atoms with Crippen molar-refractivity contribution in [3.05, 3.63) is 39.9 Å². The third kappa shape index (κ3) is 2.40. The van der Waals surface area contributed by atoms with Gasteiger partial charge < -0.3 is 9.57 Å². The number of hydrogen-bond acceptors (Lipinski definition) is 6. The van der Waals surface area contributed by atoms with E-state index in [9.17, 15) is 14.9 Å². The molecule has 0 fully saturated rings. The van der Waals surface area contributed by atoms with E-state index in [2.05, 4.69) is 5.16 Å². The van der Waals surface area contributed by atoms with Crippen LogP contribution in [0.25, 0.3) is 0 Å². The van der Waals surface area contributed by atoms with E-state index in [1.54, 1.807) is 19.1 Å². The lowest BCUT2D eigenvalue weighted by Crippen LogP contribution is -2.26. The highest BCUT2D eigenvalue weighted by Crippen LogP contribution is 2.34. The molecule has 1 aliphatic heterocycles. The number of nitrogens with zero attached hydrogens (tertiary/aromatic N) is 2. The predicted molar refractivity (Wildman–Crippen MR) is 65.5 cm³/mol. The molecule has 2 rings (SSSR count). The standard InChI is InChI=1S/C12H12N2O5/c1-7-10(12(15)18-2)11(19-13-7)8-3-5-9(6-4-8)14(16)17/h3-6,10-11H,1-2H3. The van der Waals surface area contributed by atoms with Gasteiger partial charge in [0.1, 0.15) is 5.92 Å². The fraction of sp³-hybridized carbons (Fsp3) is 0.333. The minimum atomic E-state index is -0.619. The molecule has 0 saturated carbocycles. The van der Waals surface area contributed by atoms with Crippen LogP contribution in [-0.2, 0) is 14.4 Å². The highest BCUT2D eigenvalue weighted by molar-refractivity contribution is 6.02. The van der Waals surface area contributed by atoms with E-state index in [0.29, 0.717) is 11.3 Å². The molecule has 1 heterocycles. The molecule has 19 heavy (non-hydrogen) atoms. The van der Waals surface area contributed by atoms with E-state index >= 15 is 0 Å². The Balaban J connectivity index is 2.26. The molecule has 0 spiro atoms. The van der Waals surface area contributed by atoms with Crippen LogP contribution in [0.4, 0.5) is 5.69 Å². The topological polar surface area (TPSA) is 91.0 Å². The van der Waals surface area contributed by atoms with E-state index < -0.39 is 22.9 Å². The van der Waals surface area contributed by atoms with Crippen LogP contribution < -0.4 is 0 Å². The van der Waals surface area contributed by atoms with Crippen LogP contribution in [0.3, 0.4) is 0 Å². The van der Waals surface area contributed by atoms with Crippen molar-refractivity contribution in [2.45, 2.75) is 13.0 Å². The highest BCUT2D eigenvalue weighted by Gasteiger charge is 2.39. The Morgan fingerprint density at radius 1 is 1.42 bits per heavy atom. The Bertz CT molecular complexity index is 538. The van der Waals surface area contributed by atoms with Gasteiger partial charge in [-0.2, -0.15) is 0 Å². The Kier molecular flexibility index (Phi) is 3.46. The second kappa shape index (κ2) is 5.05. The Hall–Kier alpha value is -2.44. The summed E-state index contributed by atoms with van der Waals surface area (Å²) < 4.78 is 4.71. The quantitative estimate of drug-likeness (QED) is 0.472. The van der Waals surface area contributed by atoms with Gasteiger partial charge in [-0.25, -0.2) is 0 Å². The Morgan fingerprint density at radius 2 is 2.05 bits per heavy atom. The lowest BCUT2D eigenvalue weighted by atomic mass is 9.93. The average molecular weight is 264 g/mol. The number of benzene rings is 1. The van der Waals surface area contributed by atoms with Crippen molar-refractivity contribution >= 4 is 17.4 Å². The number of esters is 1. The summed E-state index contributed by atoms with van der Waals surface area (Å²) in [6, 6.07) is 5.82. The van der Waals surface area contributed by atoms with Crippen LogP contribution >= 0.6 is 0 Å². The first-order chi connectivity index (χ1) is 9.04. The summed E-state index contributed by atoms with van der Waals surface area (Å²) >= 11 is 0. The zero-order valence-electron chi connectivity index (χ0n) is 10.4. The van der Waals surface area contributed by atoms with Crippen molar-refractivity contribution in [2.24, 2.45) is 11.1 Å². The van der Waals surface area contributed by atoms with Gasteiger partial charge in [0.25, 0.3) is 5.69 Å². The van der Waals surface area contributed by atoms with Crippen molar-refractivity contribution in [2.75, 3.05) is 7.11 Å². The molecule has 0 radical (unpaired) electrons. The number of hydrogen-bond donors (Lipinski definition) is 0. The smallest absolute Gasteiger partial charge is 0.318 e. The molecule has 1 aliphatic rings. The lowest BCUT2D eigenvalue weighted by Gasteiger charge is -2.15. The maximum Gasteiger partial charge on any atom is 0.318 e. The molecule has 100 valence electrons. The summed E-state index contributed by atoms with van der Waals surface area (Å²) in [5, 5.41) is 14.4. The van der Waals surface area contributed by atoms with Gasteiger partial charge in [0, 0.05) is 12.1 Å². The Labute approximate surface area is 109 Å². The van der Waals surface area contributed by atoms with Crippen molar-refractivity contribution in [1.82, 2.24) is 0 Å². The molecule has 0 aliphatic carbocycles. The molecule has 1 aromatic rings. The molecule has 0 N–H and O–H groups in total. The Morgan fingerprint density at radius 3 is 2.58 bits per heavy atom. The summed E-state index contributed by atoms with van der Waals surface area (Å²) in [6.07, 6.45) is -0.603. The summed E-state index contributed by atoms with van der Waals surface area (Å²) in [7, 11) is 1.29. The molecule has 2 atom stereocenters. The molecule has 7 nitrogen and oxygen atoms in total. The summed E-state index contributed by atoms with van der Waals surface area (Å²) in [5.41, 5.74) is 1.14. The molecule has 7 heteroatoms. The molecular formula is C12H12N2O5. The molecular weight excluding hydrogens is 252 g/mol. The third-order valence-corrected chi connectivity index (χ3v) is 2.95. The predicted octanol–water partition coefficient (Wildman–Crippen LogP) is 1.83. The zero-order valence-corrected chi connectivity index (χ0v) is 10.4. The van der Waals surface area contributed by atoms with Crippen LogP contribution in [0.5, 0.6) is 0 Å². The maximum atomic E-state index is 11.7. The van der Waals surface area contributed by atoms with Gasteiger partial charge in [-0.15, -0.1) is 0 Å².